The zero-order valence-corrected chi connectivity index (χ0v) is 10.6. The van der Waals surface area contributed by atoms with Crippen LogP contribution in [-0.2, 0) is 4.79 Å². The fourth-order valence-electron chi connectivity index (χ4n) is 2.69. The van der Waals surface area contributed by atoms with E-state index in [2.05, 4.69) is 0 Å². The van der Waals surface area contributed by atoms with Gasteiger partial charge in [0.1, 0.15) is 11.5 Å². The number of carbonyl (C=O) groups is 1. The molecule has 0 amide bonds. The highest BCUT2D eigenvalue weighted by atomic mass is 16.4. The number of likely N-dealkylation sites (tertiary alicyclic amines) is 1. The van der Waals surface area contributed by atoms with Gasteiger partial charge in [-0.25, -0.2) is 4.79 Å². The third-order valence-corrected chi connectivity index (χ3v) is 3.69. The van der Waals surface area contributed by atoms with Gasteiger partial charge in [0.25, 0.3) is 0 Å². The van der Waals surface area contributed by atoms with Gasteiger partial charge in [-0.15, -0.1) is 0 Å². The second-order valence-corrected chi connectivity index (χ2v) is 4.80. The summed E-state index contributed by atoms with van der Waals surface area (Å²) in [5.74, 6) is -1.55. The van der Waals surface area contributed by atoms with Crippen molar-refractivity contribution in [3.05, 3.63) is 23.8 Å². The number of phenols is 2. The molecule has 1 aliphatic heterocycles. The van der Waals surface area contributed by atoms with E-state index in [0.29, 0.717) is 13.0 Å². The van der Waals surface area contributed by atoms with E-state index in [1.807, 2.05) is 0 Å². The molecule has 0 radical (unpaired) electrons. The van der Waals surface area contributed by atoms with Gasteiger partial charge < -0.3 is 20.4 Å². The van der Waals surface area contributed by atoms with E-state index in [1.54, 1.807) is 6.92 Å². The Morgan fingerprint density at radius 3 is 2.47 bits per heavy atom. The molecule has 19 heavy (non-hydrogen) atoms. The van der Waals surface area contributed by atoms with E-state index in [9.17, 15) is 20.1 Å². The Morgan fingerprint density at radius 1 is 1.37 bits per heavy atom. The number of aliphatic hydroxyl groups is 1. The zero-order valence-electron chi connectivity index (χ0n) is 10.6. The van der Waals surface area contributed by atoms with E-state index < -0.39 is 17.7 Å². The van der Waals surface area contributed by atoms with Crippen LogP contribution in [0.25, 0.3) is 0 Å². The van der Waals surface area contributed by atoms with Crippen molar-refractivity contribution in [2.45, 2.75) is 31.5 Å². The van der Waals surface area contributed by atoms with Crippen molar-refractivity contribution in [3.8, 4) is 11.5 Å². The Hall–Kier alpha value is -1.79. The number of carboxylic acids is 1. The van der Waals surface area contributed by atoms with Gasteiger partial charge in [-0.05, 0) is 25.5 Å². The van der Waals surface area contributed by atoms with Crippen LogP contribution in [0.3, 0.4) is 0 Å². The van der Waals surface area contributed by atoms with Gasteiger partial charge in [0.05, 0.1) is 5.56 Å². The topological polar surface area (TPSA) is 101 Å². The number of phenolic OH excluding ortho intramolecular Hbond substituents is 2. The Kier molecular flexibility index (Phi) is 3.38. The average molecular weight is 267 g/mol. The van der Waals surface area contributed by atoms with Crippen LogP contribution in [0.4, 0.5) is 0 Å². The summed E-state index contributed by atoms with van der Waals surface area (Å²) in [7, 11) is 0. The molecule has 1 saturated heterocycles. The molecule has 0 aromatic heterocycles. The minimum absolute atomic E-state index is 0.118. The summed E-state index contributed by atoms with van der Waals surface area (Å²) < 4.78 is 0. The van der Waals surface area contributed by atoms with Crippen molar-refractivity contribution in [1.82, 2.24) is 4.90 Å². The normalized spacial score (nSPS) is 25.4. The van der Waals surface area contributed by atoms with E-state index in [4.69, 9.17) is 5.11 Å². The molecule has 1 aromatic carbocycles. The molecule has 6 heteroatoms. The number of benzene rings is 1. The van der Waals surface area contributed by atoms with E-state index in [0.717, 1.165) is 0 Å². The molecular formula is C13H17NO5. The lowest BCUT2D eigenvalue weighted by atomic mass is 10.0. The lowest BCUT2D eigenvalue weighted by Crippen LogP contribution is -2.51. The summed E-state index contributed by atoms with van der Waals surface area (Å²) in [6, 6.07) is 3.72. The second-order valence-electron chi connectivity index (χ2n) is 4.80. The monoisotopic (exact) mass is 267 g/mol. The molecule has 4 N–H and O–H groups in total. The fraction of sp³-hybridized carbons (Fsp3) is 0.462. The first-order chi connectivity index (χ1) is 8.88. The van der Waals surface area contributed by atoms with Crippen LogP contribution in [0, 0.1) is 0 Å². The number of aromatic hydroxyl groups is 2. The van der Waals surface area contributed by atoms with Crippen molar-refractivity contribution >= 4 is 5.97 Å². The van der Waals surface area contributed by atoms with Gasteiger partial charge in [-0.1, -0.05) is 6.07 Å². The van der Waals surface area contributed by atoms with Gasteiger partial charge in [0, 0.05) is 19.0 Å². The molecule has 0 spiro atoms. The molecule has 0 bridgehead atoms. The summed E-state index contributed by atoms with van der Waals surface area (Å²) in [5.41, 5.74) is -1.72. The predicted molar refractivity (Wildman–Crippen MR) is 66.7 cm³/mol. The summed E-state index contributed by atoms with van der Waals surface area (Å²) in [6.07, 6.45) is 0.669. The van der Waals surface area contributed by atoms with Gasteiger partial charge in [0.2, 0.25) is 5.72 Å². The first-order valence-corrected chi connectivity index (χ1v) is 6.11. The van der Waals surface area contributed by atoms with Gasteiger partial charge in [0.15, 0.2) is 0 Å². The van der Waals surface area contributed by atoms with Crippen molar-refractivity contribution in [3.63, 3.8) is 0 Å². The molecule has 6 nitrogen and oxygen atoms in total. The zero-order chi connectivity index (χ0) is 14.2. The number of nitrogens with zero attached hydrogens (tertiary/aromatic N) is 1. The molecule has 2 atom stereocenters. The van der Waals surface area contributed by atoms with Crippen molar-refractivity contribution < 1.29 is 25.2 Å². The highest BCUT2D eigenvalue weighted by Crippen LogP contribution is 2.41. The molecule has 104 valence electrons. The number of hydrogen-bond donors (Lipinski definition) is 4. The summed E-state index contributed by atoms with van der Waals surface area (Å²) in [5, 5.41) is 39.0. The standard InChI is InChI=1S/C13H17NO5/c1-8(11-9(15)4-2-5-10(11)16)14-7-3-6-13(14,19)12(17)18/h2,4-5,8,15-16,19H,3,6-7H2,1H3,(H,17,18). The predicted octanol–water partition coefficient (Wildman–Crippen LogP) is 1.03. The second kappa shape index (κ2) is 4.71. The minimum Gasteiger partial charge on any atom is -0.507 e. The molecule has 2 rings (SSSR count). The molecule has 1 aromatic rings. The Bertz CT molecular complexity index is 484. The molecular weight excluding hydrogens is 250 g/mol. The van der Waals surface area contributed by atoms with Crippen LogP contribution < -0.4 is 0 Å². The van der Waals surface area contributed by atoms with E-state index in [1.165, 1.54) is 23.1 Å². The number of carboxylic acid groups (broad SMARTS) is 1. The van der Waals surface area contributed by atoms with Gasteiger partial charge >= 0.3 is 5.97 Å². The largest absolute Gasteiger partial charge is 0.507 e. The lowest BCUT2D eigenvalue weighted by molar-refractivity contribution is -0.180. The van der Waals surface area contributed by atoms with Crippen LogP contribution >= 0.6 is 0 Å². The molecule has 1 aliphatic rings. The summed E-state index contributed by atoms with van der Waals surface area (Å²) in [6.45, 7) is 2.03. The number of aliphatic carboxylic acids is 1. The van der Waals surface area contributed by atoms with Crippen LogP contribution in [0.2, 0.25) is 0 Å². The Morgan fingerprint density at radius 2 is 1.95 bits per heavy atom. The fourth-order valence-corrected chi connectivity index (χ4v) is 2.69. The van der Waals surface area contributed by atoms with E-state index >= 15 is 0 Å². The number of hydrogen-bond acceptors (Lipinski definition) is 5. The third kappa shape index (κ3) is 2.13. The highest BCUT2D eigenvalue weighted by molar-refractivity contribution is 5.77. The van der Waals surface area contributed by atoms with Gasteiger partial charge in [-0.2, -0.15) is 0 Å². The SMILES string of the molecule is CC(c1c(O)cccc1O)N1CCCC1(O)C(=O)O. The molecule has 0 saturated carbocycles. The lowest BCUT2D eigenvalue weighted by Gasteiger charge is -2.35. The smallest absolute Gasteiger partial charge is 0.351 e. The van der Waals surface area contributed by atoms with Crippen molar-refractivity contribution in [1.29, 1.82) is 0 Å². The Balaban J connectivity index is 2.39. The molecule has 2 unspecified atom stereocenters. The molecule has 1 heterocycles. The van der Waals surface area contributed by atoms with Crippen molar-refractivity contribution in [2.24, 2.45) is 0 Å². The average Bonchev–Trinajstić information content (AvgIpc) is 2.72. The minimum atomic E-state index is -1.95. The summed E-state index contributed by atoms with van der Waals surface area (Å²) in [4.78, 5) is 12.6. The molecule has 1 fully saturated rings. The van der Waals surface area contributed by atoms with E-state index in [-0.39, 0.29) is 23.5 Å². The van der Waals surface area contributed by atoms with Crippen molar-refractivity contribution in [2.75, 3.05) is 6.54 Å². The van der Waals surface area contributed by atoms with Crippen LogP contribution in [0.15, 0.2) is 18.2 Å². The third-order valence-electron chi connectivity index (χ3n) is 3.69. The summed E-state index contributed by atoms with van der Waals surface area (Å²) >= 11 is 0. The maximum Gasteiger partial charge on any atom is 0.351 e. The number of rotatable bonds is 3. The maximum absolute atomic E-state index is 11.2. The highest BCUT2D eigenvalue weighted by Gasteiger charge is 2.48. The Labute approximate surface area is 110 Å². The van der Waals surface area contributed by atoms with Crippen LogP contribution in [0.1, 0.15) is 31.4 Å². The van der Waals surface area contributed by atoms with Crippen LogP contribution in [0.5, 0.6) is 11.5 Å². The van der Waals surface area contributed by atoms with Crippen LogP contribution in [-0.4, -0.2) is 43.6 Å². The first-order valence-electron chi connectivity index (χ1n) is 6.11. The van der Waals surface area contributed by atoms with Gasteiger partial charge in [-0.3, -0.25) is 4.90 Å². The molecule has 0 aliphatic carbocycles. The quantitative estimate of drug-likeness (QED) is 0.652. The first kappa shape index (κ1) is 13.6. The maximum atomic E-state index is 11.2.